The molecule has 1 aromatic carbocycles. The zero-order chi connectivity index (χ0) is 11.0. The number of halogens is 4. The van der Waals surface area contributed by atoms with Crippen LogP contribution in [0.3, 0.4) is 0 Å². The van der Waals surface area contributed by atoms with Crippen LogP contribution in [0.25, 0.3) is 0 Å². The predicted octanol–water partition coefficient (Wildman–Crippen LogP) is 4.52. The van der Waals surface area contributed by atoms with Gasteiger partial charge in [0.1, 0.15) is 10.0 Å². The van der Waals surface area contributed by atoms with Crippen molar-refractivity contribution in [3.05, 3.63) is 35.8 Å². The molecule has 0 N–H and O–H groups in total. The molecule has 0 spiro atoms. The fourth-order valence-electron chi connectivity index (χ4n) is 0.896. The number of hydrogen-bond donors (Lipinski definition) is 0. The zero-order valence-corrected chi connectivity index (χ0v) is 9.80. The van der Waals surface area contributed by atoms with E-state index in [1.807, 2.05) is 0 Å². The van der Waals surface area contributed by atoms with Crippen molar-refractivity contribution in [1.29, 1.82) is 0 Å². The zero-order valence-electron chi connectivity index (χ0n) is 6.78. The fraction of sp³-hybridized carbons (Fsp3) is 0.143. The average Bonchev–Trinajstić information content (AvgIpc) is 2.11. The van der Waals surface area contributed by atoms with Gasteiger partial charge in [0.2, 0.25) is 0 Å². The summed E-state index contributed by atoms with van der Waals surface area (Å²) in [6.07, 6.45) is 0. The summed E-state index contributed by atoms with van der Waals surface area (Å²) < 4.78 is 0. The van der Waals surface area contributed by atoms with E-state index in [-0.39, 0.29) is 20.1 Å². The van der Waals surface area contributed by atoms with Crippen molar-refractivity contribution < 1.29 is 4.92 Å². The minimum atomic E-state index is -0.695. The molecule has 0 aromatic heterocycles. The van der Waals surface area contributed by atoms with Crippen LogP contribution in [0.1, 0.15) is 5.56 Å². The monoisotopic (exact) mass is 273 g/mol. The molecule has 0 heterocycles. The van der Waals surface area contributed by atoms with E-state index in [2.05, 4.69) is 0 Å². The van der Waals surface area contributed by atoms with Gasteiger partial charge in [0.05, 0.1) is 15.0 Å². The molecule has 0 aliphatic heterocycles. The quantitative estimate of drug-likeness (QED) is 0.327. The summed E-state index contributed by atoms with van der Waals surface area (Å²) in [6.45, 7) is 1.53. The van der Waals surface area contributed by atoms with Gasteiger partial charge in [0, 0.05) is 0 Å². The highest BCUT2D eigenvalue weighted by molar-refractivity contribution is 6.51. The van der Waals surface area contributed by atoms with Gasteiger partial charge < -0.3 is 0 Å². The van der Waals surface area contributed by atoms with Crippen LogP contribution in [-0.4, -0.2) is 4.92 Å². The molecule has 0 saturated heterocycles. The largest absolute Gasteiger partial charge is 0.308 e. The Morgan fingerprint density at radius 3 is 1.93 bits per heavy atom. The highest BCUT2D eigenvalue weighted by atomic mass is 35.5. The van der Waals surface area contributed by atoms with E-state index >= 15 is 0 Å². The molecule has 7 heteroatoms. The summed E-state index contributed by atoms with van der Waals surface area (Å²) in [6, 6.07) is 0. The Balaban J connectivity index is 3.68. The molecular weight excluding hydrogens is 272 g/mol. The predicted molar refractivity (Wildman–Crippen MR) is 57.9 cm³/mol. The van der Waals surface area contributed by atoms with Crippen LogP contribution < -0.4 is 0 Å². The van der Waals surface area contributed by atoms with Crippen molar-refractivity contribution in [1.82, 2.24) is 0 Å². The Bertz CT molecular complexity index is 390. The third-order valence-electron chi connectivity index (χ3n) is 1.64. The summed E-state index contributed by atoms with van der Waals surface area (Å²) in [4.78, 5) is 9.90. The molecule has 0 aliphatic rings. The SMILES string of the molecule is Cc1c(Cl)c(Cl)c(Cl)c([N+](=O)[O-])c1Cl. The van der Waals surface area contributed by atoms with Gasteiger partial charge in [-0.3, -0.25) is 10.1 Å². The topological polar surface area (TPSA) is 43.1 Å². The smallest absolute Gasteiger partial charge is 0.258 e. The van der Waals surface area contributed by atoms with Gasteiger partial charge >= 0.3 is 5.69 Å². The van der Waals surface area contributed by atoms with Crippen molar-refractivity contribution >= 4 is 52.1 Å². The van der Waals surface area contributed by atoms with Gasteiger partial charge in [-0.15, -0.1) is 0 Å². The van der Waals surface area contributed by atoms with Gasteiger partial charge in [-0.1, -0.05) is 46.4 Å². The molecule has 1 aromatic rings. The number of nitro groups is 1. The highest BCUT2D eigenvalue weighted by Crippen LogP contribution is 2.44. The first-order valence-electron chi connectivity index (χ1n) is 3.34. The summed E-state index contributed by atoms with van der Waals surface area (Å²) in [5.74, 6) is 0. The number of benzene rings is 1. The van der Waals surface area contributed by atoms with Gasteiger partial charge in [-0.25, -0.2) is 0 Å². The number of hydrogen-bond acceptors (Lipinski definition) is 2. The van der Waals surface area contributed by atoms with Gasteiger partial charge in [0.15, 0.2) is 0 Å². The van der Waals surface area contributed by atoms with Gasteiger partial charge in [-0.05, 0) is 12.5 Å². The van der Waals surface area contributed by atoms with Crippen LogP contribution in [0.4, 0.5) is 5.69 Å². The summed E-state index contributed by atoms with van der Waals surface area (Å²) >= 11 is 22.7. The Hall–Kier alpha value is -0.220. The normalized spacial score (nSPS) is 10.4. The van der Waals surface area contributed by atoms with E-state index < -0.39 is 10.6 Å². The summed E-state index contributed by atoms with van der Waals surface area (Å²) in [5.41, 5.74) is -0.0744. The Labute approximate surface area is 99.7 Å². The third kappa shape index (κ3) is 1.77. The number of nitro benzene ring substituents is 1. The molecule has 0 atom stereocenters. The van der Waals surface area contributed by atoms with Crippen LogP contribution in [0.5, 0.6) is 0 Å². The molecule has 14 heavy (non-hydrogen) atoms. The maximum absolute atomic E-state index is 10.6. The maximum atomic E-state index is 10.6. The van der Waals surface area contributed by atoms with Crippen molar-refractivity contribution in [3.63, 3.8) is 0 Å². The van der Waals surface area contributed by atoms with E-state index in [4.69, 9.17) is 46.4 Å². The minimum absolute atomic E-state index is 0.0538. The standard InChI is InChI=1S/C7H3Cl4NO2/c1-2-3(8)5(10)6(11)7(4(2)9)12(13)14/h1H3. The lowest BCUT2D eigenvalue weighted by molar-refractivity contribution is -0.384. The molecule has 0 fully saturated rings. The Morgan fingerprint density at radius 1 is 1.00 bits per heavy atom. The van der Waals surface area contributed by atoms with Crippen molar-refractivity contribution in [3.8, 4) is 0 Å². The second-order valence-electron chi connectivity index (χ2n) is 2.49. The molecule has 3 nitrogen and oxygen atoms in total. The molecule has 76 valence electrons. The lowest BCUT2D eigenvalue weighted by atomic mass is 10.2. The minimum Gasteiger partial charge on any atom is -0.258 e. The fourth-order valence-corrected chi connectivity index (χ4v) is 1.98. The second-order valence-corrected chi connectivity index (χ2v) is 4.00. The first kappa shape index (κ1) is 11.9. The van der Waals surface area contributed by atoms with Crippen LogP contribution in [0, 0.1) is 17.0 Å². The average molecular weight is 275 g/mol. The summed E-state index contributed by atoms with van der Waals surface area (Å²) in [5, 5.41) is 10.3. The van der Waals surface area contributed by atoms with E-state index in [1.54, 1.807) is 0 Å². The van der Waals surface area contributed by atoms with E-state index in [1.165, 1.54) is 6.92 Å². The van der Waals surface area contributed by atoms with Crippen LogP contribution in [0.15, 0.2) is 0 Å². The first-order valence-corrected chi connectivity index (χ1v) is 4.86. The maximum Gasteiger partial charge on any atom is 0.308 e. The van der Waals surface area contributed by atoms with E-state index in [9.17, 15) is 10.1 Å². The molecule has 0 saturated carbocycles. The lowest BCUT2D eigenvalue weighted by Gasteiger charge is -2.06. The highest BCUT2D eigenvalue weighted by Gasteiger charge is 2.25. The molecule has 0 bridgehead atoms. The van der Waals surface area contributed by atoms with Crippen molar-refractivity contribution in [2.75, 3.05) is 0 Å². The van der Waals surface area contributed by atoms with Gasteiger partial charge in [0.25, 0.3) is 0 Å². The number of nitrogens with zero attached hydrogens (tertiary/aromatic N) is 1. The first-order chi connectivity index (χ1) is 6.37. The number of rotatable bonds is 1. The third-order valence-corrected chi connectivity index (χ3v) is 3.52. The molecule has 0 radical (unpaired) electrons. The van der Waals surface area contributed by atoms with Crippen LogP contribution in [-0.2, 0) is 0 Å². The van der Waals surface area contributed by atoms with E-state index in [0.717, 1.165) is 0 Å². The Morgan fingerprint density at radius 2 is 1.50 bits per heavy atom. The van der Waals surface area contributed by atoms with Crippen molar-refractivity contribution in [2.45, 2.75) is 6.92 Å². The molecule has 0 unspecified atom stereocenters. The lowest BCUT2D eigenvalue weighted by Crippen LogP contribution is -1.94. The van der Waals surface area contributed by atoms with Crippen LogP contribution >= 0.6 is 46.4 Å². The van der Waals surface area contributed by atoms with Crippen LogP contribution in [0.2, 0.25) is 20.1 Å². The second kappa shape index (κ2) is 4.11. The molecule has 0 aliphatic carbocycles. The molecular formula is C7H3Cl4NO2. The molecule has 0 amide bonds. The van der Waals surface area contributed by atoms with E-state index in [0.29, 0.717) is 5.56 Å². The van der Waals surface area contributed by atoms with Crippen molar-refractivity contribution in [2.24, 2.45) is 0 Å². The molecule has 1 rings (SSSR count). The van der Waals surface area contributed by atoms with Gasteiger partial charge in [-0.2, -0.15) is 0 Å². The Kier molecular flexibility index (Phi) is 3.48. The summed E-state index contributed by atoms with van der Waals surface area (Å²) in [7, 11) is 0.